The van der Waals surface area contributed by atoms with Crippen molar-refractivity contribution in [3.63, 3.8) is 0 Å². The Morgan fingerprint density at radius 1 is 0.696 bits per heavy atom. The van der Waals surface area contributed by atoms with E-state index in [1.165, 1.54) is 18.3 Å². The van der Waals surface area contributed by atoms with E-state index >= 15 is 0 Å². The fraction of sp³-hybridized carbons (Fsp3) is 0.333. The van der Waals surface area contributed by atoms with Crippen LogP contribution in [0, 0.1) is 7.14 Å². The van der Waals surface area contributed by atoms with Crippen LogP contribution in [0.2, 0.25) is 0 Å². The standard InChI is InChI=1S/C18H20I2O3/c1-17(2)13-9-5-7-11-15(13)19(21-17)23-20-16-12-8-6-10-14(16)18(3,4)22-20/h5-12H,1-4H3. The zero-order chi connectivity index (χ0) is 16.2. The minimum absolute atomic E-state index is 0.258. The van der Waals surface area contributed by atoms with Crippen LogP contribution in [0.1, 0.15) is 38.8 Å². The summed E-state index contributed by atoms with van der Waals surface area (Å²) in [7, 11) is 0. The molecule has 0 atom stereocenters. The van der Waals surface area contributed by atoms with Crippen LogP contribution in [0.4, 0.5) is 0 Å². The molecule has 2 heterocycles. The summed E-state index contributed by atoms with van der Waals surface area (Å²) < 4.78 is 21.8. The van der Waals surface area contributed by atoms with Gasteiger partial charge in [0.15, 0.2) is 0 Å². The van der Waals surface area contributed by atoms with Crippen molar-refractivity contribution in [3.05, 3.63) is 66.8 Å². The molecule has 0 aliphatic carbocycles. The van der Waals surface area contributed by atoms with E-state index in [1.54, 1.807) is 0 Å². The molecule has 23 heavy (non-hydrogen) atoms. The molecular weight excluding hydrogens is 518 g/mol. The molecule has 0 saturated heterocycles. The summed E-state index contributed by atoms with van der Waals surface area (Å²) in [5, 5.41) is 0. The summed E-state index contributed by atoms with van der Waals surface area (Å²) in [6, 6.07) is 17.0. The van der Waals surface area contributed by atoms with Gasteiger partial charge in [0.25, 0.3) is 0 Å². The van der Waals surface area contributed by atoms with Crippen molar-refractivity contribution in [2.24, 2.45) is 0 Å². The van der Waals surface area contributed by atoms with Gasteiger partial charge >= 0.3 is 155 Å². The van der Waals surface area contributed by atoms with Gasteiger partial charge in [0.05, 0.1) is 0 Å². The zero-order valence-corrected chi connectivity index (χ0v) is 17.9. The second kappa shape index (κ2) is 5.66. The Balaban J connectivity index is 1.66. The van der Waals surface area contributed by atoms with E-state index in [-0.39, 0.29) is 11.2 Å². The van der Waals surface area contributed by atoms with Gasteiger partial charge in [-0.05, 0) is 0 Å². The zero-order valence-electron chi connectivity index (χ0n) is 13.6. The van der Waals surface area contributed by atoms with Crippen molar-refractivity contribution >= 4 is 41.3 Å². The summed E-state index contributed by atoms with van der Waals surface area (Å²) in [5.41, 5.74) is 2.03. The van der Waals surface area contributed by atoms with Crippen LogP contribution in [0.15, 0.2) is 48.5 Å². The summed E-state index contributed by atoms with van der Waals surface area (Å²) in [6.07, 6.45) is 0. The van der Waals surface area contributed by atoms with Crippen LogP contribution in [0.5, 0.6) is 0 Å². The van der Waals surface area contributed by atoms with Gasteiger partial charge in [-0.3, -0.25) is 0 Å². The van der Waals surface area contributed by atoms with Gasteiger partial charge in [0, 0.05) is 0 Å². The number of halogens is 2. The fourth-order valence-corrected chi connectivity index (χ4v) is 15.3. The molecule has 0 amide bonds. The van der Waals surface area contributed by atoms with E-state index < -0.39 is 41.3 Å². The average Bonchev–Trinajstić information content (AvgIpc) is 2.92. The Bertz CT molecular complexity index is 694. The van der Waals surface area contributed by atoms with Gasteiger partial charge in [0.2, 0.25) is 0 Å². The third kappa shape index (κ3) is 2.74. The number of fused-ring (bicyclic) bond motifs is 2. The van der Waals surface area contributed by atoms with E-state index in [4.69, 9.17) is 7.53 Å². The van der Waals surface area contributed by atoms with Crippen LogP contribution in [0.3, 0.4) is 0 Å². The minimum atomic E-state index is -2.13. The van der Waals surface area contributed by atoms with Crippen LogP contribution in [0.25, 0.3) is 0 Å². The van der Waals surface area contributed by atoms with Gasteiger partial charge in [-0.2, -0.15) is 0 Å². The summed E-state index contributed by atoms with van der Waals surface area (Å²) in [4.78, 5) is 0. The number of hydrogen-bond donors (Lipinski definition) is 0. The molecule has 3 nitrogen and oxygen atoms in total. The van der Waals surface area contributed by atoms with E-state index in [1.807, 2.05) is 0 Å². The molecule has 0 spiro atoms. The first-order chi connectivity index (χ1) is 10.9. The van der Waals surface area contributed by atoms with Crippen molar-refractivity contribution in [2.45, 2.75) is 38.9 Å². The normalized spacial score (nSPS) is 23.7. The summed E-state index contributed by atoms with van der Waals surface area (Å²) in [5.74, 6) is 0. The van der Waals surface area contributed by atoms with E-state index in [2.05, 4.69) is 76.2 Å². The van der Waals surface area contributed by atoms with E-state index in [0.717, 1.165) is 0 Å². The molecule has 2 aliphatic heterocycles. The Kier molecular flexibility index (Phi) is 4.00. The van der Waals surface area contributed by atoms with E-state index in [9.17, 15) is 0 Å². The second-order valence-electron chi connectivity index (χ2n) is 6.63. The maximum absolute atomic E-state index is 6.57. The second-order valence-corrected chi connectivity index (χ2v) is 14.9. The molecule has 124 valence electrons. The van der Waals surface area contributed by atoms with Gasteiger partial charge in [0.1, 0.15) is 0 Å². The van der Waals surface area contributed by atoms with Gasteiger partial charge in [-0.15, -0.1) is 0 Å². The third-order valence-electron chi connectivity index (χ3n) is 4.01. The molecule has 0 aromatic heterocycles. The summed E-state index contributed by atoms with van der Waals surface area (Å²) >= 11 is -4.26. The molecule has 4 rings (SSSR count). The van der Waals surface area contributed by atoms with Crippen molar-refractivity contribution in [2.75, 3.05) is 0 Å². The molecule has 0 radical (unpaired) electrons. The van der Waals surface area contributed by atoms with Gasteiger partial charge in [-0.25, -0.2) is 0 Å². The topological polar surface area (TPSA) is 27.7 Å². The number of benzene rings is 2. The molecule has 0 fully saturated rings. The van der Waals surface area contributed by atoms with Gasteiger partial charge < -0.3 is 0 Å². The van der Waals surface area contributed by atoms with Crippen molar-refractivity contribution in [1.29, 1.82) is 0 Å². The summed E-state index contributed by atoms with van der Waals surface area (Å²) in [6.45, 7) is 8.51. The first kappa shape index (κ1) is 16.3. The molecule has 2 aromatic rings. The van der Waals surface area contributed by atoms with Crippen LogP contribution >= 0.6 is 41.3 Å². The first-order valence-corrected chi connectivity index (χ1v) is 13.2. The molecular formula is C18H20I2O3. The van der Waals surface area contributed by atoms with Gasteiger partial charge in [-0.1, -0.05) is 0 Å². The molecule has 0 unspecified atom stereocenters. The molecule has 2 aromatic carbocycles. The van der Waals surface area contributed by atoms with Crippen LogP contribution < -0.4 is 0 Å². The molecule has 0 bridgehead atoms. The molecule has 2 aliphatic rings. The monoisotopic (exact) mass is 538 g/mol. The predicted octanol–water partition coefficient (Wildman–Crippen LogP) is 5.95. The molecule has 0 saturated carbocycles. The third-order valence-corrected chi connectivity index (χ3v) is 15.5. The van der Waals surface area contributed by atoms with Crippen LogP contribution in [-0.4, -0.2) is 0 Å². The van der Waals surface area contributed by atoms with Crippen molar-refractivity contribution in [3.8, 4) is 0 Å². The molecule has 5 heteroatoms. The van der Waals surface area contributed by atoms with Crippen molar-refractivity contribution in [1.82, 2.24) is 0 Å². The predicted molar refractivity (Wildman–Crippen MR) is 108 cm³/mol. The Labute approximate surface area is 153 Å². The quantitative estimate of drug-likeness (QED) is 0.443. The Hall–Kier alpha value is -0.220. The van der Waals surface area contributed by atoms with Crippen LogP contribution in [-0.2, 0) is 18.7 Å². The molecule has 0 N–H and O–H groups in total. The average molecular weight is 538 g/mol. The SMILES string of the molecule is CC1(C)OI(OI2OC(C)(C)c3ccccc32)c2ccccc21. The van der Waals surface area contributed by atoms with E-state index in [0.29, 0.717) is 0 Å². The number of hydrogen-bond acceptors (Lipinski definition) is 3. The Morgan fingerprint density at radius 2 is 1.09 bits per heavy atom. The van der Waals surface area contributed by atoms with Crippen molar-refractivity contribution < 1.29 is 7.53 Å². The first-order valence-electron chi connectivity index (χ1n) is 7.56. The maximum atomic E-state index is 6.57. The number of rotatable bonds is 2. The Morgan fingerprint density at radius 3 is 1.52 bits per heavy atom. The fourth-order valence-electron chi connectivity index (χ4n) is 2.82.